The van der Waals surface area contributed by atoms with E-state index in [2.05, 4.69) is 5.18 Å². The summed E-state index contributed by atoms with van der Waals surface area (Å²) in [7, 11) is 0. The third-order valence-electron chi connectivity index (χ3n) is 2.42. The number of alkyl halides is 1. The van der Waals surface area contributed by atoms with Crippen LogP contribution in [0, 0.1) is 10.8 Å². The molecule has 0 N–H and O–H groups in total. The summed E-state index contributed by atoms with van der Waals surface area (Å²) in [4.78, 5) is 10.2. The van der Waals surface area contributed by atoms with Gasteiger partial charge in [-0.05, 0) is 25.2 Å². The first-order valence-electron chi connectivity index (χ1n) is 4.25. The van der Waals surface area contributed by atoms with Gasteiger partial charge in [-0.15, -0.1) is 11.6 Å². The zero-order chi connectivity index (χ0) is 8.10. The molecule has 0 radical (unpaired) electrons. The molecule has 11 heavy (non-hydrogen) atoms. The van der Waals surface area contributed by atoms with Gasteiger partial charge < -0.3 is 0 Å². The molecule has 64 valence electrons. The second-order valence-electron chi connectivity index (χ2n) is 3.27. The molecular weight excluding hydrogens is 162 g/mol. The van der Waals surface area contributed by atoms with Crippen molar-refractivity contribution in [3.63, 3.8) is 0 Å². The van der Waals surface area contributed by atoms with E-state index in [0.29, 0.717) is 5.92 Å². The normalized spacial score (nSPS) is 31.7. The Bertz CT molecular complexity index is 127. The van der Waals surface area contributed by atoms with Crippen molar-refractivity contribution in [3.05, 3.63) is 4.91 Å². The third-order valence-corrected chi connectivity index (χ3v) is 2.64. The molecule has 3 heteroatoms. The molecule has 1 rings (SSSR count). The summed E-state index contributed by atoms with van der Waals surface area (Å²) in [5, 5.41) is 3.09. The van der Waals surface area contributed by atoms with Crippen molar-refractivity contribution in [1.29, 1.82) is 0 Å². The fourth-order valence-corrected chi connectivity index (χ4v) is 2.08. The molecule has 1 aliphatic rings. The van der Waals surface area contributed by atoms with Gasteiger partial charge in [0.2, 0.25) is 0 Å². The fraction of sp³-hybridized carbons (Fsp3) is 1.00. The summed E-state index contributed by atoms with van der Waals surface area (Å²) in [6, 6.07) is 0.0805. The maximum Gasteiger partial charge on any atom is 0.0922 e. The summed E-state index contributed by atoms with van der Waals surface area (Å²) >= 11 is 5.62. The number of halogens is 1. The van der Waals surface area contributed by atoms with E-state index in [4.69, 9.17) is 11.6 Å². The van der Waals surface area contributed by atoms with Crippen LogP contribution in [-0.2, 0) is 0 Å². The molecule has 0 aliphatic heterocycles. The lowest BCUT2D eigenvalue weighted by atomic mass is 9.85. The molecule has 2 nitrogen and oxygen atoms in total. The lowest BCUT2D eigenvalue weighted by Gasteiger charge is -2.23. The number of hydrogen-bond donors (Lipinski definition) is 0. The van der Waals surface area contributed by atoms with Crippen LogP contribution in [-0.4, -0.2) is 11.9 Å². The average Bonchev–Trinajstić information content (AvgIpc) is 2.06. The van der Waals surface area contributed by atoms with E-state index in [1.165, 1.54) is 6.42 Å². The second-order valence-corrected chi connectivity index (χ2v) is 3.65. The molecule has 2 atom stereocenters. The van der Waals surface area contributed by atoms with E-state index in [1.807, 2.05) is 0 Å². The van der Waals surface area contributed by atoms with E-state index in [9.17, 15) is 4.91 Å². The van der Waals surface area contributed by atoms with Crippen molar-refractivity contribution >= 4 is 11.6 Å². The highest BCUT2D eigenvalue weighted by Crippen LogP contribution is 2.28. The van der Waals surface area contributed by atoms with Gasteiger partial charge >= 0.3 is 0 Å². The lowest BCUT2D eigenvalue weighted by molar-refractivity contribution is 0.316. The fourth-order valence-electron chi connectivity index (χ4n) is 1.77. The monoisotopic (exact) mass is 175 g/mol. The van der Waals surface area contributed by atoms with Gasteiger partial charge in [-0.3, -0.25) is 0 Å². The minimum absolute atomic E-state index is 0.0805. The summed E-state index contributed by atoms with van der Waals surface area (Å²) in [6.45, 7) is 0. The number of hydrogen-bond acceptors (Lipinski definition) is 2. The Kier molecular flexibility index (Phi) is 3.84. The summed E-state index contributed by atoms with van der Waals surface area (Å²) in [5.74, 6) is 1.37. The first-order valence-corrected chi connectivity index (χ1v) is 4.78. The molecule has 0 aromatic carbocycles. The predicted octanol–water partition coefficient (Wildman–Crippen LogP) is 2.94. The Morgan fingerprint density at radius 1 is 1.45 bits per heavy atom. The minimum Gasteiger partial charge on any atom is -0.151 e. The minimum atomic E-state index is 0.0805. The van der Waals surface area contributed by atoms with Crippen molar-refractivity contribution in [2.75, 3.05) is 5.88 Å². The topological polar surface area (TPSA) is 29.4 Å². The van der Waals surface area contributed by atoms with E-state index < -0.39 is 0 Å². The van der Waals surface area contributed by atoms with Crippen LogP contribution in [0.25, 0.3) is 0 Å². The zero-order valence-electron chi connectivity index (χ0n) is 6.63. The molecule has 0 bridgehead atoms. The van der Waals surface area contributed by atoms with Crippen LogP contribution in [0.3, 0.4) is 0 Å². The Labute approximate surface area is 72.3 Å². The Morgan fingerprint density at radius 2 is 2.27 bits per heavy atom. The molecule has 0 heterocycles. The maximum atomic E-state index is 10.2. The van der Waals surface area contributed by atoms with Gasteiger partial charge in [-0.25, -0.2) is 0 Å². The lowest BCUT2D eigenvalue weighted by Crippen LogP contribution is -2.18. The number of nitroso groups, excluding NO2 is 1. The molecule has 2 unspecified atom stereocenters. The van der Waals surface area contributed by atoms with E-state index in [-0.39, 0.29) is 6.04 Å². The van der Waals surface area contributed by atoms with E-state index in [1.54, 1.807) is 0 Å². The van der Waals surface area contributed by atoms with Gasteiger partial charge in [0.05, 0.1) is 6.04 Å². The first kappa shape index (κ1) is 8.98. The highest BCUT2D eigenvalue weighted by molar-refractivity contribution is 6.17. The molecule has 0 spiro atoms. The van der Waals surface area contributed by atoms with Gasteiger partial charge in [0.15, 0.2) is 0 Å². The molecule has 0 saturated heterocycles. The molecule has 0 amide bonds. The van der Waals surface area contributed by atoms with Crippen LogP contribution < -0.4 is 0 Å². The first-order chi connectivity index (χ1) is 5.36. The standard InChI is InChI=1S/C8H14ClNO/c9-5-4-7-2-1-3-8(6-7)10-11/h7-8H,1-6H2. The largest absolute Gasteiger partial charge is 0.151 e. The van der Waals surface area contributed by atoms with Gasteiger partial charge in [0.25, 0.3) is 0 Å². The van der Waals surface area contributed by atoms with Crippen molar-refractivity contribution in [3.8, 4) is 0 Å². The SMILES string of the molecule is O=NC1CCCC(CCCl)C1. The highest BCUT2D eigenvalue weighted by Gasteiger charge is 2.21. The van der Waals surface area contributed by atoms with Gasteiger partial charge in [0, 0.05) is 5.88 Å². The predicted molar refractivity (Wildman–Crippen MR) is 46.9 cm³/mol. The van der Waals surface area contributed by atoms with Crippen LogP contribution in [0.2, 0.25) is 0 Å². The molecule has 0 aromatic heterocycles. The van der Waals surface area contributed by atoms with Gasteiger partial charge in [-0.2, -0.15) is 4.91 Å². The Balaban J connectivity index is 2.27. The van der Waals surface area contributed by atoms with Crippen LogP contribution in [0.15, 0.2) is 5.18 Å². The van der Waals surface area contributed by atoms with Crippen LogP contribution in [0.4, 0.5) is 0 Å². The van der Waals surface area contributed by atoms with Gasteiger partial charge in [0.1, 0.15) is 0 Å². The highest BCUT2D eigenvalue weighted by atomic mass is 35.5. The van der Waals surface area contributed by atoms with Crippen LogP contribution in [0.1, 0.15) is 32.1 Å². The third kappa shape index (κ3) is 2.78. The molecule has 1 fully saturated rings. The zero-order valence-corrected chi connectivity index (χ0v) is 7.39. The Hall–Kier alpha value is -0.110. The Morgan fingerprint density at radius 3 is 2.91 bits per heavy atom. The molecular formula is C8H14ClNO. The molecule has 1 saturated carbocycles. The average molecular weight is 176 g/mol. The van der Waals surface area contributed by atoms with Crippen LogP contribution >= 0.6 is 11.6 Å². The van der Waals surface area contributed by atoms with Crippen molar-refractivity contribution < 1.29 is 0 Å². The molecule has 1 aliphatic carbocycles. The van der Waals surface area contributed by atoms with Crippen molar-refractivity contribution in [1.82, 2.24) is 0 Å². The molecule has 0 aromatic rings. The summed E-state index contributed by atoms with van der Waals surface area (Å²) in [5.41, 5.74) is 0. The summed E-state index contributed by atoms with van der Waals surface area (Å²) in [6.07, 6.45) is 5.39. The maximum absolute atomic E-state index is 10.2. The quantitative estimate of drug-likeness (QED) is 0.479. The number of nitrogens with zero attached hydrogens (tertiary/aromatic N) is 1. The van der Waals surface area contributed by atoms with Gasteiger partial charge in [-0.1, -0.05) is 18.0 Å². The smallest absolute Gasteiger partial charge is 0.0922 e. The number of rotatable bonds is 3. The van der Waals surface area contributed by atoms with E-state index >= 15 is 0 Å². The van der Waals surface area contributed by atoms with E-state index in [0.717, 1.165) is 31.6 Å². The van der Waals surface area contributed by atoms with Crippen molar-refractivity contribution in [2.45, 2.75) is 38.1 Å². The second kappa shape index (κ2) is 4.70. The summed E-state index contributed by atoms with van der Waals surface area (Å²) < 4.78 is 0. The van der Waals surface area contributed by atoms with Crippen molar-refractivity contribution in [2.24, 2.45) is 11.1 Å². The van der Waals surface area contributed by atoms with Crippen LogP contribution in [0.5, 0.6) is 0 Å².